The fourth-order valence-corrected chi connectivity index (χ4v) is 4.67. The first kappa shape index (κ1) is 29.4. The zero-order chi connectivity index (χ0) is 24.5. The summed E-state index contributed by atoms with van der Waals surface area (Å²) >= 11 is 0. The van der Waals surface area contributed by atoms with Crippen LogP contribution in [0.5, 0.6) is 0 Å². The Labute approximate surface area is 200 Å². The lowest BCUT2D eigenvalue weighted by Crippen LogP contribution is -2.44. The molecule has 33 heavy (non-hydrogen) atoms. The Morgan fingerprint density at radius 3 is 1.45 bits per heavy atom. The Hall–Kier alpha value is -1.67. The molecule has 2 amide bonds. The van der Waals surface area contributed by atoms with E-state index < -0.39 is 0 Å². The normalized spacial score (nSPS) is 19.9. The first-order valence-electron chi connectivity index (χ1n) is 13.0. The molecule has 0 spiro atoms. The number of rotatable bonds is 5. The Bertz CT molecular complexity index is 523. The molecule has 0 aliphatic heterocycles. The molecule has 0 aromatic carbocycles. The molecule has 0 aromatic heterocycles. The van der Waals surface area contributed by atoms with E-state index >= 15 is 0 Å². The van der Waals surface area contributed by atoms with Crippen molar-refractivity contribution in [1.29, 1.82) is 0 Å². The van der Waals surface area contributed by atoms with Crippen LogP contribution < -0.4 is 22.1 Å². The molecule has 3 rings (SSSR count). The van der Waals surface area contributed by atoms with Gasteiger partial charge in [0.2, 0.25) is 11.8 Å². The molecule has 3 aliphatic rings. The van der Waals surface area contributed by atoms with Gasteiger partial charge in [0, 0.05) is 17.9 Å². The van der Waals surface area contributed by atoms with Crippen molar-refractivity contribution in [2.45, 2.75) is 116 Å². The molecule has 8 heteroatoms. The van der Waals surface area contributed by atoms with Gasteiger partial charge in [-0.15, -0.1) is 0 Å². The Kier molecular flexibility index (Phi) is 15.8. The summed E-state index contributed by atoms with van der Waals surface area (Å²) in [5.74, 6) is 5.83. The molecule has 0 atom stereocenters. The summed E-state index contributed by atoms with van der Waals surface area (Å²) in [5, 5.41) is 0. The molecule has 0 radical (unpaired) electrons. The van der Waals surface area contributed by atoms with E-state index in [0.29, 0.717) is 6.04 Å². The van der Waals surface area contributed by atoms with Crippen LogP contribution in [0.2, 0.25) is 0 Å². The van der Waals surface area contributed by atoms with Crippen molar-refractivity contribution in [1.82, 2.24) is 16.3 Å². The molecular formula is C25H48N4O4. The first-order chi connectivity index (χ1) is 15.9. The number of methoxy groups -OCH3 is 1. The highest BCUT2D eigenvalue weighted by Gasteiger charge is 2.22. The van der Waals surface area contributed by atoms with Crippen LogP contribution in [0.25, 0.3) is 0 Å². The average Bonchev–Trinajstić information content (AvgIpc) is 2.88. The predicted octanol–water partition coefficient (Wildman–Crippen LogP) is 3.89. The summed E-state index contributed by atoms with van der Waals surface area (Å²) in [5.41, 5.74) is 7.90. The lowest BCUT2D eigenvalue weighted by molar-refractivity contribution is -0.146. The van der Waals surface area contributed by atoms with Crippen LogP contribution in [0.4, 0.5) is 0 Å². The quantitative estimate of drug-likeness (QED) is 0.210. The van der Waals surface area contributed by atoms with E-state index in [0.717, 1.165) is 38.5 Å². The van der Waals surface area contributed by atoms with Gasteiger partial charge >= 0.3 is 5.97 Å². The lowest BCUT2D eigenvalue weighted by Gasteiger charge is -2.21. The van der Waals surface area contributed by atoms with Gasteiger partial charge in [0.15, 0.2) is 0 Å². The third kappa shape index (κ3) is 13.0. The Morgan fingerprint density at radius 2 is 1.09 bits per heavy atom. The molecule has 5 N–H and O–H groups in total. The standard InChI is InChI=1S/C10H20N2O.C8H14O2.C7H14N2O/c1-8(2)11-12-10(13)9-6-4-3-5-7-9;1-10-8(9)7-5-3-2-4-6-7;8-9-7(10)6-4-2-1-3-5-6/h8-9,11H,3-7H2,1-2H3,(H,12,13);7H,2-6H2,1H3;6H,1-5,8H2,(H,9,10). The molecule has 0 unspecified atom stereocenters. The fraction of sp³-hybridized carbons (Fsp3) is 0.880. The second-order valence-electron chi connectivity index (χ2n) is 9.82. The van der Waals surface area contributed by atoms with Gasteiger partial charge < -0.3 is 4.74 Å². The highest BCUT2D eigenvalue weighted by molar-refractivity contribution is 5.78. The maximum Gasteiger partial charge on any atom is 0.308 e. The van der Waals surface area contributed by atoms with Crippen LogP contribution >= 0.6 is 0 Å². The fourth-order valence-electron chi connectivity index (χ4n) is 4.67. The monoisotopic (exact) mass is 468 g/mol. The number of nitrogens with two attached hydrogens (primary N) is 1. The minimum Gasteiger partial charge on any atom is -0.469 e. The molecule has 0 bridgehead atoms. The first-order valence-corrected chi connectivity index (χ1v) is 13.0. The summed E-state index contributed by atoms with van der Waals surface area (Å²) in [6, 6.07) is 0.313. The SMILES string of the molecule is CC(C)NNC(=O)C1CCCCC1.COC(=O)C1CCCCC1.NNC(=O)C1CCCCC1. The highest BCUT2D eigenvalue weighted by atomic mass is 16.5. The minimum atomic E-state index is -0.0142. The van der Waals surface area contributed by atoms with Gasteiger partial charge in [-0.1, -0.05) is 57.8 Å². The van der Waals surface area contributed by atoms with Crippen molar-refractivity contribution in [2.75, 3.05) is 7.11 Å². The minimum absolute atomic E-state index is 0.0136. The number of hydrogen-bond donors (Lipinski definition) is 4. The molecule has 3 fully saturated rings. The number of nitrogens with one attached hydrogen (secondary N) is 3. The van der Waals surface area contributed by atoms with E-state index in [4.69, 9.17) is 5.84 Å². The molecule has 3 saturated carbocycles. The smallest absolute Gasteiger partial charge is 0.308 e. The molecule has 0 heterocycles. The maximum atomic E-state index is 11.5. The third-order valence-electron chi connectivity index (χ3n) is 6.72. The number of carbonyl (C=O) groups excluding carboxylic acids is 3. The predicted molar refractivity (Wildman–Crippen MR) is 130 cm³/mol. The number of hydrogen-bond acceptors (Lipinski definition) is 6. The average molecular weight is 469 g/mol. The summed E-state index contributed by atoms with van der Waals surface area (Å²) < 4.78 is 4.65. The molecule has 192 valence electrons. The van der Waals surface area contributed by atoms with Gasteiger partial charge in [0.1, 0.15) is 0 Å². The summed E-state index contributed by atoms with van der Waals surface area (Å²) in [4.78, 5) is 33.4. The van der Waals surface area contributed by atoms with Crippen molar-refractivity contribution in [2.24, 2.45) is 23.6 Å². The van der Waals surface area contributed by atoms with Gasteiger partial charge in [-0.2, -0.15) is 0 Å². The van der Waals surface area contributed by atoms with E-state index in [1.807, 2.05) is 13.8 Å². The van der Waals surface area contributed by atoms with Crippen LogP contribution in [-0.4, -0.2) is 30.9 Å². The van der Waals surface area contributed by atoms with E-state index in [1.165, 1.54) is 64.9 Å². The van der Waals surface area contributed by atoms with Crippen molar-refractivity contribution in [3.63, 3.8) is 0 Å². The topological polar surface area (TPSA) is 123 Å². The lowest BCUT2D eigenvalue weighted by atomic mass is 9.89. The van der Waals surface area contributed by atoms with Crippen molar-refractivity contribution in [3.8, 4) is 0 Å². The number of carbonyl (C=O) groups is 3. The second kappa shape index (κ2) is 17.8. The number of ether oxygens (including phenoxy) is 1. The second-order valence-corrected chi connectivity index (χ2v) is 9.82. The van der Waals surface area contributed by atoms with Gasteiger partial charge in [-0.25, -0.2) is 11.3 Å². The van der Waals surface area contributed by atoms with Crippen molar-refractivity contribution in [3.05, 3.63) is 0 Å². The molecule has 0 aromatic rings. The van der Waals surface area contributed by atoms with Crippen molar-refractivity contribution >= 4 is 17.8 Å². The van der Waals surface area contributed by atoms with Crippen LogP contribution in [-0.2, 0) is 19.1 Å². The number of esters is 1. The summed E-state index contributed by atoms with van der Waals surface area (Å²) in [6.45, 7) is 4.03. The zero-order valence-electron chi connectivity index (χ0n) is 21.1. The number of amides is 2. The molecule has 0 saturated heterocycles. The maximum absolute atomic E-state index is 11.5. The third-order valence-corrected chi connectivity index (χ3v) is 6.72. The largest absolute Gasteiger partial charge is 0.469 e. The van der Waals surface area contributed by atoms with Gasteiger partial charge in [-0.3, -0.25) is 25.2 Å². The van der Waals surface area contributed by atoms with E-state index in [1.54, 1.807) is 0 Å². The summed E-state index contributed by atoms with van der Waals surface area (Å²) in [7, 11) is 1.47. The summed E-state index contributed by atoms with van der Waals surface area (Å²) in [6.07, 6.45) is 17.2. The Balaban J connectivity index is 0.000000251. The van der Waals surface area contributed by atoms with Crippen molar-refractivity contribution < 1.29 is 19.1 Å². The molecule has 3 aliphatic carbocycles. The van der Waals surface area contributed by atoms with Gasteiger partial charge in [0.25, 0.3) is 0 Å². The van der Waals surface area contributed by atoms with Crippen LogP contribution in [0.3, 0.4) is 0 Å². The van der Waals surface area contributed by atoms with Crippen LogP contribution in [0.15, 0.2) is 0 Å². The van der Waals surface area contributed by atoms with Gasteiger partial charge in [0.05, 0.1) is 13.0 Å². The van der Waals surface area contributed by atoms with E-state index in [2.05, 4.69) is 21.0 Å². The van der Waals surface area contributed by atoms with Crippen LogP contribution in [0.1, 0.15) is 110 Å². The molecular weight excluding hydrogens is 420 g/mol. The highest BCUT2D eigenvalue weighted by Crippen LogP contribution is 2.25. The zero-order valence-corrected chi connectivity index (χ0v) is 21.1. The Morgan fingerprint density at radius 1 is 0.697 bits per heavy atom. The number of hydrazine groups is 2. The molecule has 8 nitrogen and oxygen atoms in total. The van der Waals surface area contributed by atoms with E-state index in [-0.39, 0.29) is 35.5 Å². The van der Waals surface area contributed by atoms with E-state index in [9.17, 15) is 14.4 Å². The van der Waals surface area contributed by atoms with Crippen LogP contribution in [0, 0.1) is 17.8 Å². The van der Waals surface area contributed by atoms with Gasteiger partial charge in [-0.05, 0) is 52.4 Å².